The SMILES string of the molecule is Cc1nn([C@@H]2CCS(=O)(=O)C2)c(Cl)c1CNCCCOC(C)C. The lowest BCUT2D eigenvalue weighted by atomic mass is 10.2. The molecule has 132 valence electrons. The fraction of sp³-hybridized carbons (Fsp3) is 0.800. The van der Waals surface area contributed by atoms with Gasteiger partial charge >= 0.3 is 0 Å². The summed E-state index contributed by atoms with van der Waals surface area (Å²) in [6.07, 6.45) is 1.78. The van der Waals surface area contributed by atoms with E-state index < -0.39 is 9.84 Å². The van der Waals surface area contributed by atoms with Crippen LogP contribution >= 0.6 is 11.6 Å². The highest BCUT2D eigenvalue weighted by molar-refractivity contribution is 7.91. The van der Waals surface area contributed by atoms with Crippen LogP contribution in [0.3, 0.4) is 0 Å². The number of aryl methyl sites for hydroxylation is 1. The zero-order chi connectivity index (χ0) is 17.0. The molecule has 1 atom stereocenters. The number of hydrogen-bond acceptors (Lipinski definition) is 5. The average molecular weight is 364 g/mol. The van der Waals surface area contributed by atoms with Crippen molar-refractivity contribution in [1.29, 1.82) is 0 Å². The van der Waals surface area contributed by atoms with Gasteiger partial charge < -0.3 is 10.1 Å². The van der Waals surface area contributed by atoms with Crippen LogP contribution in [0.4, 0.5) is 0 Å². The number of halogens is 1. The maximum atomic E-state index is 11.6. The molecule has 1 N–H and O–H groups in total. The molecule has 0 aromatic carbocycles. The van der Waals surface area contributed by atoms with Gasteiger partial charge in [-0.15, -0.1) is 0 Å². The van der Waals surface area contributed by atoms with Gasteiger partial charge in [0.1, 0.15) is 5.15 Å². The van der Waals surface area contributed by atoms with Crippen LogP contribution in [0.1, 0.15) is 44.0 Å². The van der Waals surface area contributed by atoms with Gasteiger partial charge in [0.15, 0.2) is 9.84 Å². The summed E-state index contributed by atoms with van der Waals surface area (Å²) >= 11 is 6.43. The molecule has 0 unspecified atom stereocenters. The van der Waals surface area contributed by atoms with Crippen molar-refractivity contribution < 1.29 is 13.2 Å². The number of aromatic nitrogens is 2. The fourth-order valence-corrected chi connectivity index (χ4v) is 4.77. The van der Waals surface area contributed by atoms with Gasteiger partial charge in [0.05, 0.1) is 29.3 Å². The Morgan fingerprint density at radius 2 is 2.22 bits per heavy atom. The maximum Gasteiger partial charge on any atom is 0.152 e. The molecule has 2 rings (SSSR count). The molecular weight excluding hydrogens is 338 g/mol. The first-order valence-corrected chi connectivity index (χ1v) is 10.3. The van der Waals surface area contributed by atoms with Gasteiger partial charge in [0, 0.05) is 18.7 Å². The first-order chi connectivity index (χ1) is 10.8. The van der Waals surface area contributed by atoms with Gasteiger partial charge in [-0.2, -0.15) is 5.10 Å². The van der Waals surface area contributed by atoms with Crippen molar-refractivity contribution in [1.82, 2.24) is 15.1 Å². The summed E-state index contributed by atoms with van der Waals surface area (Å²) in [5, 5.41) is 8.34. The van der Waals surface area contributed by atoms with E-state index in [2.05, 4.69) is 10.4 Å². The third kappa shape index (κ3) is 5.17. The van der Waals surface area contributed by atoms with E-state index in [0.717, 1.165) is 30.8 Å². The minimum absolute atomic E-state index is 0.132. The lowest BCUT2D eigenvalue weighted by molar-refractivity contribution is 0.0770. The third-order valence-electron chi connectivity index (χ3n) is 3.95. The van der Waals surface area contributed by atoms with E-state index in [1.54, 1.807) is 4.68 Å². The summed E-state index contributed by atoms with van der Waals surface area (Å²) in [6.45, 7) is 8.15. The summed E-state index contributed by atoms with van der Waals surface area (Å²) < 4.78 is 30.4. The lowest BCUT2D eigenvalue weighted by Crippen LogP contribution is -2.18. The molecule has 1 aromatic heterocycles. The van der Waals surface area contributed by atoms with Crippen LogP contribution in [-0.2, 0) is 21.1 Å². The minimum atomic E-state index is -2.95. The molecule has 2 heterocycles. The van der Waals surface area contributed by atoms with Crippen LogP contribution in [0.2, 0.25) is 5.15 Å². The summed E-state index contributed by atoms with van der Waals surface area (Å²) in [4.78, 5) is 0. The molecule has 8 heteroatoms. The maximum absolute atomic E-state index is 11.6. The zero-order valence-electron chi connectivity index (χ0n) is 14.0. The largest absolute Gasteiger partial charge is 0.379 e. The van der Waals surface area contributed by atoms with Crippen molar-refractivity contribution in [2.24, 2.45) is 0 Å². The fourth-order valence-electron chi connectivity index (χ4n) is 2.69. The summed E-state index contributed by atoms with van der Waals surface area (Å²) in [7, 11) is -2.95. The summed E-state index contributed by atoms with van der Waals surface area (Å²) in [6, 6.07) is -0.139. The van der Waals surface area contributed by atoms with Crippen molar-refractivity contribution in [3.63, 3.8) is 0 Å². The van der Waals surface area contributed by atoms with E-state index in [4.69, 9.17) is 16.3 Å². The molecule has 0 saturated carbocycles. The van der Waals surface area contributed by atoms with Crippen molar-refractivity contribution in [3.8, 4) is 0 Å². The van der Waals surface area contributed by atoms with Crippen LogP contribution in [-0.4, -0.2) is 49.0 Å². The molecule has 6 nitrogen and oxygen atoms in total. The molecular formula is C15H26ClN3O3S. The first kappa shape index (κ1) is 18.7. The van der Waals surface area contributed by atoms with E-state index in [1.807, 2.05) is 20.8 Å². The first-order valence-electron chi connectivity index (χ1n) is 8.06. The second kappa shape index (κ2) is 7.96. The van der Waals surface area contributed by atoms with Gasteiger partial charge in [-0.05, 0) is 40.2 Å². The molecule has 1 aliphatic heterocycles. The Labute approximate surface area is 143 Å². The molecule has 0 bridgehead atoms. The average Bonchev–Trinajstić information content (AvgIpc) is 2.95. The van der Waals surface area contributed by atoms with Crippen LogP contribution in [0.5, 0.6) is 0 Å². The highest BCUT2D eigenvalue weighted by Gasteiger charge is 2.31. The van der Waals surface area contributed by atoms with Crippen molar-refractivity contribution in [3.05, 3.63) is 16.4 Å². The Morgan fingerprint density at radius 1 is 1.48 bits per heavy atom. The van der Waals surface area contributed by atoms with Gasteiger partial charge in [-0.3, -0.25) is 0 Å². The monoisotopic (exact) mass is 363 g/mol. The smallest absolute Gasteiger partial charge is 0.152 e. The van der Waals surface area contributed by atoms with E-state index in [0.29, 0.717) is 18.1 Å². The number of hydrogen-bond donors (Lipinski definition) is 1. The standard InChI is InChI=1S/C15H26ClN3O3S/c1-11(2)22-7-4-6-17-9-14-12(3)18-19(15(14)16)13-5-8-23(20,21)10-13/h11,13,17H,4-10H2,1-3H3/t13-/m1/s1. The van der Waals surface area contributed by atoms with E-state index >= 15 is 0 Å². The number of rotatable bonds is 8. The van der Waals surface area contributed by atoms with Crippen LogP contribution < -0.4 is 5.32 Å². The van der Waals surface area contributed by atoms with Gasteiger partial charge in [-0.1, -0.05) is 11.6 Å². The number of ether oxygens (including phenoxy) is 1. The molecule has 1 saturated heterocycles. The Morgan fingerprint density at radius 3 is 2.83 bits per heavy atom. The van der Waals surface area contributed by atoms with Crippen LogP contribution in [0.25, 0.3) is 0 Å². The number of nitrogens with zero attached hydrogens (tertiary/aromatic N) is 2. The molecule has 0 aliphatic carbocycles. The molecule has 1 aliphatic rings. The molecule has 1 fully saturated rings. The second-order valence-electron chi connectivity index (χ2n) is 6.31. The van der Waals surface area contributed by atoms with Crippen molar-refractivity contribution in [2.45, 2.75) is 52.3 Å². The van der Waals surface area contributed by atoms with E-state index in [9.17, 15) is 8.42 Å². The lowest BCUT2D eigenvalue weighted by Gasteiger charge is -2.10. The molecule has 0 spiro atoms. The van der Waals surface area contributed by atoms with Crippen molar-refractivity contribution >= 4 is 21.4 Å². The van der Waals surface area contributed by atoms with Crippen molar-refractivity contribution in [2.75, 3.05) is 24.7 Å². The Balaban J connectivity index is 1.88. The molecule has 1 aromatic rings. The second-order valence-corrected chi connectivity index (χ2v) is 8.89. The predicted octanol–water partition coefficient (Wildman–Crippen LogP) is 2.11. The quantitative estimate of drug-likeness (QED) is 0.716. The van der Waals surface area contributed by atoms with Crippen LogP contribution in [0, 0.1) is 6.92 Å². The zero-order valence-corrected chi connectivity index (χ0v) is 15.6. The topological polar surface area (TPSA) is 73.2 Å². The highest BCUT2D eigenvalue weighted by atomic mass is 35.5. The van der Waals surface area contributed by atoms with Gasteiger partial charge in [0.25, 0.3) is 0 Å². The Hall–Kier alpha value is -0.630. The minimum Gasteiger partial charge on any atom is -0.379 e. The molecule has 0 radical (unpaired) electrons. The summed E-state index contributed by atoms with van der Waals surface area (Å²) in [5.74, 6) is 0.351. The van der Waals surface area contributed by atoms with E-state index in [-0.39, 0.29) is 23.7 Å². The summed E-state index contributed by atoms with van der Waals surface area (Å²) in [5.41, 5.74) is 1.80. The predicted molar refractivity (Wildman–Crippen MR) is 91.7 cm³/mol. The Kier molecular flexibility index (Phi) is 6.48. The third-order valence-corrected chi connectivity index (χ3v) is 6.10. The van der Waals surface area contributed by atoms with E-state index in [1.165, 1.54) is 0 Å². The number of sulfone groups is 1. The highest BCUT2D eigenvalue weighted by Crippen LogP contribution is 2.29. The van der Waals surface area contributed by atoms with Gasteiger partial charge in [-0.25, -0.2) is 13.1 Å². The number of nitrogens with one attached hydrogen (secondary N) is 1. The normalized spacial score (nSPS) is 20.5. The molecule has 0 amide bonds. The van der Waals surface area contributed by atoms with Crippen LogP contribution in [0.15, 0.2) is 0 Å². The molecule has 23 heavy (non-hydrogen) atoms. The van der Waals surface area contributed by atoms with Gasteiger partial charge in [0.2, 0.25) is 0 Å². The Bertz CT molecular complexity index is 628.